The molecular weight excluding hydrogens is 536 g/mol. The maximum atomic E-state index is 12.7. The van der Waals surface area contributed by atoms with Crippen molar-refractivity contribution >= 4 is 51.8 Å². The quantitative estimate of drug-likeness (QED) is 0.106. The number of carbonyl (C=O) groups excluding carboxylic acids is 5. The smallest absolute Gasteiger partial charge is 0.307 e. The van der Waals surface area contributed by atoms with Crippen molar-refractivity contribution in [3.63, 3.8) is 0 Å². The van der Waals surface area contributed by atoms with Gasteiger partial charge in [0.05, 0.1) is 13.0 Å². The van der Waals surface area contributed by atoms with E-state index in [1.165, 1.54) is 37.3 Å². The lowest BCUT2D eigenvalue weighted by molar-refractivity contribution is -0.136. The fourth-order valence-electron chi connectivity index (χ4n) is 3.27. The van der Waals surface area contributed by atoms with Crippen molar-refractivity contribution in [3.8, 4) is 0 Å². The fraction of sp³-hybridized carbons (Fsp3) is 0.417. The second-order valence-electron chi connectivity index (χ2n) is 8.69. The van der Waals surface area contributed by atoms with E-state index >= 15 is 0 Å². The Labute approximate surface area is 225 Å². The second-order valence-corrected chi connectivity index (χ2v) is 10.3. The van der Waals surface area contributed by atoms with Crippen LogP contribution in [0.1, 0.15) is 32.8 Å². The lowest BCUT2D eigenvalue weighted by Gasteiger charge is -2.24. The van der Waals surface area contributed by atoms with Crippen molar-refractivity contribution in [3.05, 3.63) is 42.0 Å². The Morgan fingerprint density at radius 3 is 2.15 bits per heavy atom. The molecule has 0 aliphatic carbocycles. The van der Waals surface area contributed by atoms with Crippen LogP contribution in [-0.2, 0) is 45.3 Å². The predicted octanol–water partition coefficient (Wildman–Crippen LogP) is -0.283. The summed E-state index contributed by atoms with van der Waals surface area (Å²) < 4.78 is 33.3. The van der Waals surface area contributed by atoms with Gasteiger partial charge in [0.1, 0.15) is 6.04 Å². The Morgan fingerprint density at radius 2 is 1.67 bits per heavy atom. The number of hydrogen-bond donors (Lipinski definition) is 5. The van der Waals surface area contributed by atoms with Crippen molar-refractivity contribution in [2.75, 3.05) is 18.4 Å². The number of anilines is 1. The van der Waals surface area contributed by atoms with Crippen LogP contribution in [0.2, 0.25) is 0 Å². The zero-order valence-corrected chi connectivity index (χ0v) is 22.4. The van der Waals surface area contributed by atoms with Crippen LogP contribution in [0.3, 0.4) is 0 Å². The number of carboxylic acids is 1. The summed E-state index contributed by atoms with van der Waals surface area (Å²) >= 11 is 0. The molecule has 2 atom stereocenters. The number of amides is 5. The zero-order valence-electron chi connectivity index (χ0n) is 21.6. The van der Waals surface area contributed by atoms with Gasteiger partial charge < -0.3 is 21.1 Å². The van der Waals surface area contributed by atoms with Crippen molar-refractivity contribution in [1.29, 1.82) is 0 Å². The number of rotatable bonds is 15. The molecule has 1 aromatic rings. The molecule has 0 fully saturated rings. The van der Waals surface area contributed by atoms with Gasteiger partial charge in [0.25, 0.3) is 16.0 Å². The SMILES string of the molecule is C/C=C\C(=O)N(C=O)CCC(C(=O)NC(C(=O)NCC(=O)Nc1ccc(CC(=O)O)cc1)C(C)C)S(=O)(=O)O. The first-order valence-electron chi connectivity index (χ1n) is 11.7. The summed E-state index contributed by atoms with van der Waals surface area (Å²) in [5.74, 6) is -5.00. The number of allylic oxidation sites excluding steroid dienone is 1. The van der Waals surface area contributed by atoms with E-state index in [2.05, 4.69) is 16.0 Å². The molecule has 1 rings (SSSR count). The highest BCUT2D eigenvalue weighted by Crippen LogP contribution is 2.11. The Kier molecular flexibility index (Phi) is 12.9. The maximum Gasteiger partial charge on any atom is 0.307 e. The number of benzene rings is 1. The van der Waals surface area contributed by atoms with Crippen LogP contribution in [0.5, 0.6) is 0 Å². The molecule has 0 heterocycles. The average molecular weight is 569 g/mol. The number of nitrogens with zero attached hydrogens (tertiary/aromatic N) is 1. The van der Waals surface area contributed by atoms with Crippen molar-refractivity contribution in [2.24, 2.45) is 5.92 Å². The van der Waals surface area contributed by atoms with E-state index in [9.17, 15) is 41.7 Å². The lowest BCUT2D eigenvalue weighted by atomic mass is 10.0. The normalized spacial score (nSPS) is 12.8. The molecule has 214 valence electrons. The third-order valence-corrected chi connectivity index (χ3v) is 6.44. The Bertz CT molecular complexity index is 1200. The number of imide groups is 1. The first kappa shape index (κ1) is 32.9. The van der Waals surface area contributed by atoms with E-state index < -0.39 is 76.4 Å². The molecule has 15 heteroatoms. The largest absolute Gasteiger partial charge is 0.481 e. The van der Waals surface area contributed by atoms with Gasteiger partial charge in [0.15, 0.2) is 5.25 Å². The van der Waals surface area contributed by atoms with Gasteiger partial charge >= 0.3 is 5.97 Å². The third kappa shape index (κ3) is 11.4. The summed E-state index contributed by atoms with van der Waals surface area (Å²) in [6, 6.07) is 4.72. The van der Waals surface area contributed by atoms with Gasteiger partial charge in [0.2, 0.25) is 24.1 Å². The van der Waals surface area contributed by atoms with Gasteiger partial charge in [-0.25, -0.2) is 0 Å². The van der Waals surface area contributed by atoms with E-state index in [1.807, 2.05) is 0 Å². The summed E-state index contributed by atoms with van der Waals surface area (Å²) in [6.07, 6.45) is 1.75. The van der Waals surface area contributed by atoms with E-state index in [-0.39, 0.29) is 12.8 Å². The van der Waals surface area contributed by atoms with Crippen LogP contribution in [-0.4, -0.2) is 83.4 Å². The molecule has 0 aromatic heterocycles. The van der Waals surface area contributed by atoms with Crippen LogP contribution in [0, 0.1) is 5.92 Å². The van der Waals surface area contributed by atoms with Gasteiger partial charge in [-0.05, 0) is 43.0 Å². The average Bonchev–Trinajstić information content (AvgIpc) is 2.83. The number of hydrogen-bond acceptors (Lipinski definition) is 8. The summed E-state index contributed by atoms with van der Waals surface area (Å²) in [5, 5.41) is 13.8. The Balaban J connectivity index is 2.82. The summed E-state index contributed by atoms with van der Waals surface area (Å²) in [6.45, 7) is 3.63. The molecule has 1 aromatic carbocycles. The van der Waals surface area contributed by atoms with Crippen LogP contribution >= 0.6 is 0 Å². The first-order valence-corrected chi connectivity index (χ1v) is 13.2. The molecule has 0 bridgehead atoms. The van der Waals surface area contributed by atoms with Crippen molar-refractivity contribution < 1.29 is 46.8 Å². The predicted molar refractivity (Wildman–Crippen MR) is 139 cm³/mol. The molecule has 0 spiro atoms. The fourth-order valence-corrected chi connectivity index (χ4v) is 4.01. The molecule has 2 unspecified atom stereocenters. The Hall–Kier alpha value is -4.11. The van der Waals surface area contributed by atoms with Crippen LogP contribution in [0.25, 0.3) is 0 Å². The molecule has 0 radical (unpaired) electrons. The van der Waals surface area contributed by atoms with Gasteiger partial charge in [-0.2, -0.15) is 8.42 Å². The van der Waals surface area contributed by atoms with E-state index in [0.29, 0.717) is 16.2 Å². The standard InChI is InChI=1S/C24H32N4O10S/c1-4-5-20(31)28(14-29)11-10-18(39(36,37)38)23(34)27-22(15(2)3)24(35)25-13-19(30)26-17-8-6-16(7-9-17)12-21(32)33/h4-9,14-15,18,22H,10-13H2,1-3H3,(H,25,35)(H,26,30)(H,27,34)(H,32,33)(H,36,37,38)/b5-4-. The highest BCUT2D eigenvalue weighted by atomic mass is 32.2. The minimum absolute atomic E-state index is 0.154. The van der Waals surface area contributed by atoms with Gasteiger partial charge in [-0.1, -0.05) is 32.1 Å². The van der Waals surface area contributed by atoms with Gasteiger partial charge in [-0.15, -0.1) is 0 Å². The monoisotopic (exact) mass is 568 g/mol. The molecule has 5 amide bonds. The number of carbonyl (C=O) groups is 6. The highest BCUT2D eigenvalue weighted by molar-refractivity contribution is 7.87. The molecule has 0 aliphatic heterocycles. The van der Waals surface area contributed by atoms with E-state index in [0.717, 1.165) is 6.08 Å². The van der Waals surface area contributed by atoms with Gasteiger partial charge in [0, 0.05) is 12.2 Å². The summed E-state index contributed by atoms with van der Waals surface area (Å²) in [5.41, 5.74) is 0.876. The minimum atomic E-state index is -4.99. The molecular formula is C24H32N4O10S. The molecule has 0 saturated heterocycles. The summed E-state index contributed by atoms with van der Waals surface area (Å²) in [4.78, 5) is 72.0. The van der Waals surface area contributed by atoms with Crippen LogP contribution in [0.15, 0.2) is 36.4 Å². The van der Waals surface area contributed by atoms with Crippen molar-refractivity contribution in [1.82, 2.24) is 15.5 Å². The molecule has 5 N–H and O–H groups in total. The molecule has 0 aliphatic rings. The van der Waals surface area contributed by atoms with Crippen molar-refractivity contribution in [2.45, 2.75) is 44.9 Å². The summed E-state index contributed by atoms with van der Waals surface area (Å²) in [7, 11) is -4.99. The van der Waals surface area contributed by atoms with E-state index in [1.54, 1.807) is 13.8 Å². The number of aliphatic carboxylic acids is 1. The number of carboxylic acid groups (broad SMARTS) is 1. The first-order chi connectivity index (χ1) is 18.2. The lowest BCUT2D eigenvalue weighted by Crippen LogP contribution is -2.54. The third-order valence-electron chi connectivity index (χ3n) is 5.27. The molecule has 39 heavy (non-hydrogen) atoms. The topological polar surface area (TPSA) is 216 Å². The maximum absolute atomic E-state index is 12.7. The molecule has 14 nitrogen and oxygen atoms in total. The van der Waals surface area contributed by atoms with Crippen LogP contribution < -0.4 is 16.0 Å². The van der Waals surface area contributed by atoms with Gasteiger partial charge in [-0.3, -0.25) is 38.2 Å². The minimum Gasteiger partial charge on any atom is -0.481 e. The second kappa shape index (κ2) is 15.3. The zero-order chi connectivity index (χ0) is 29.8. The molecule has 0 saturated carbocycles. The number of nitrogens with one attached hydrogen (secondary N) is 3. The van der Waals surface area contributed by atoms with Crippen LogP contribution in [0.4, 0.5) is 5.69 Å². The highest BCUT2D eigenvalue weighted by Gasteiger charge is 2.35. The van der Waals surface area contributed by atoms with E-state index in [4.69, 9.17) is 5.11 Å². The Morgan fingerprint density at radius 1 is 1.05 bits per heavy atom.